The van der Waals surface area contributed by atoms with Gasteiger partial charge in [0, 0.05) is 0 Å². The first-order valence-electron chi connectivity index (χ1n) is 4.30. The Morgan fingerprint density at radius 1 is 1.33 bits per heavy atom. The predicted octanol–water partition coefficient (Wildman–Crippen LogP) is 2.12. The summed E-state index contributed by atoms with van der Waals surface area (Å²) < 4.78 is 34.8. The molecular formula is C10H7F2NO2. The Kier molecular flexibility index (Phi) is 2.19. The van der Waals surface area contributed by atoms with Crippen LogP contribution in [-0.2, 0) is 6.42 Å². The summed E-state index contributed by atoms with van der Waals surface area (Å²) in [5, 5.41) is 8.46. The molecule has 0 saturated heterocycles. The molecule has 0 spiro atoms. The minimum atomic E-state index is -2.71. The molecule has 0 aliphatic carbocycles. The average Bonchev–Trinajstić information content (AvgIpc) is 2.55. The number of rotatable bonds is 2. The van der Waals surface area contributed by atoms with Crippen molar-refractivity contribution < 1.29 is 18.3 Å². The van der Waals surface area contributed by atoms with Gasteiger partial charge in [-0.3, -0.25) is 0 Å². The van der Waals surface area contributed by atoms with Crippen molar-refractivity contribution in [3.8, 4) is 17.6 Å². The molecule has 2 rings (SSSR count). The maximum absolute atomic E-state index is 13.3. The van der Waals surface area contributed by atoms with Gasteiger partial charge >= 0.3 is 6.04 Å². The lowest BCUT2D eigenvalue weighted by molar-refractivity contribution is -0.199. The fourth-order valence-electron chi connectivity index (χ4n) is 1.32. The fourth-order valence-corrected chi connectivity index (χ4v) is 1.32. The van der Waals surface area contributed by atoms with Crippen LogP contribution in [0.15, 0.2) is 18.2 Å². The van der Waals surface area contributed by atoms with E-state index < -0.39 is 12.7 Å². The number of ether oxygens (including phenoxy) is 2. The van der Waals surface area contributed by atoms with Gasteiger partial charge in [-0.15, -0.1) is 0 Å². The lowest BCUT2D eigenvalue weighted by Gasteiger charge is -2.12. The summed E-state index contributed by atoms with van der Waals surface area (Å²) in [7, 11) is 0. The summed E-state index contributed by atoms with van der Waals surface area (Å²) in [4.78, 5) is 0. The Morgan fingerprint density at radius 2 is 2.07 bits per heavy atom. The summed E-state index contributed by atoms with van der Waals surface area (Å²) >= 11 is 0. The summed E-state index contributed by atoms with van der Waals surface area (Å²) in [6.07, 6.45) is 0.186. The number of hydrogen-bond donors (Lipinski definition) is 0. The van der Waals surface area contributed by atoms with Gasteiger partial charge in [0.2, 0.25) is 6.67 Å². The number of benzene rings is 1. The van der Waals surface area contributed by atoms with Crippen molar-refractivity contribution >= 4 is 0 Å². The number of fused-ring (bicyclic) bond motifs is 1. The van der Waals surface area contributed by atoms with Gasteiger partial charge < -0.3 is 9.47 Å². The third-order valence-corrected chi connectivity index (χ3v) is 1.98. The van der Waals surface area contributed by atoms with Crippen molar-refractivity contribution in [1.29, 1.82) is 5.26 Å². The van der Waals surface area contributed by atoms with Crippen molar-refractivity contribution in [1.82, 2.24) is 0 Å². The number of alkyl halides is 2. The van der Waals surface area contributed by atoms with E-state index >= 15 is 0 Å². The molecule has 1 aliphatic heterocycles. The highest BCUT2D eigenvalue weighted by molar-refractivity contribution is 5.46. The molecule has 15 heavy (non-hydrogen) atoms. The molecule has 1 aromatic rings. The SMILES string of the molecule is N#CCc1ccc2c(c1)OC(F)(CF)O2. The van der Waals surface area contributed by atoms with E-state index in [0.29, 0.717) is 5.56 Å². The van der Waals surface area contributed by atoms with E-state index in [1.165, 1.54) is 12.1 Å². The molecule has 0 bridgehead atoms. The lowest BCUT2D eigenvalue weighted by atomic mass is 10.1. The molecule has 0 radical (unpaired) electrons. The van der Waals surface area contributed by atoms with Gasteiger partial charge in [0.1, 0.15) is 0 Å². The number of nitriles is 1. The minimum Gasteiger partial charge on any atom is -0.421 e. The average molecular weight is 211 g/mol. The van der Waals surface area contributed by atoms with Crippen LogP contribution in [0.1, 0.15) is 5.56 Å². The van der Waals surface area contributed by atoms with Crippen molar-refractivity contribution in [3.05, 3.63) is 23.8 Å². The quantitative estimate of drug-likeness (QED) is 0.752. The van der Waals surface area contributed by atoms with Gasteiger partial charge in [-0.1, -0.05) is 6.07 Å². The second-order valence-corrected chi connectivity index (χ2v) is 3.11. The van der Waals surface area contributed by atoms with Crippen LogP contribution in [0.4, 0.5) is 8.78 Å². The molecule has 3 nitrogen and oxygen atoms in total. The zero-order valence-corrected chi connectivity index (χ0v) is 7.67. The monoisotopic (exact) mass is 211 g/mol. The van der Waals surface area contributed by atoms with Gasteiger partial charge in [0.15, 0.2) is 11.5 Å². The third-order valence-electron chi connectivity index (χ3n) is 1.98. The molecule has 1 heterocycles. The van der Waals surface area contributed by atoms with Gasteiger partial charge in [0.05, 0.1) is 12.5 Å². The molecule has 0 aromatic heterocycles. The first-order chi connectivity index (χ1) is 7.17. The molecule has 5 heteroatoms. The Hall–Kier alpha value is -1.83. The van der Waals surface area contributed by atoms with Crippen molar-refractivity contribution in [2.45, 2.75) is 12.5 Å². The Balaban J connectivity index is 2.28. The van der Waals surface area contributed by atoms with Crippen molar-refractivity contribution in [2.75, 3.05) is 6.67 Å². The van der Waals surface area contributed by atoms with Crippen LogP contribution >= 0.6 is 0 Å². The molecular weight excluding hydrogens is 204 g/mol. The summed E-state index contributed by atoms with van der Waals surface area (Å²) in [5.41, 5.74) is 0.669. The van der Waals surface area contributed by atoms with Crippen LogP contribution in [0.25, 0.3) is 0 Å². The van der Waals surface area contributed by atoms with Gasteiger partial charge in [-0.05, 0) is 17.7 Å². The maximum atomic E-state index is 13.3. The van der Waals surface area contributed by atoms with Gasteiger partial charge in [-0.2, -0.15) is 9.65 Å². The highest BCUT2D eigenvalue weighted by Crippen LogP contribution is 2.40. The van der Waals surface area contributed by atoms with Crippen LogP contribution in [0.5, 0.6) is 11.5 Å². The molecule has 0 N–H and O–H groups in total. The first kappa shape index (κ1) is 9.71. The predicted molar refractivity (Wildman–Crippen MR) is 46.8 cm³/mol. The number of halogens is 2. The Labute approximate surface area is 84.8 Å². The molecule has 1 atom stereocenters. The lowest BCUT2D eigenvalue weighted by Crippen LogP contribution is -2.35. The van der Waals surface area contributed by atoms with E-state index in [-0.39, 0.29) is 17.9 Å². The molecule has 0 amide bonds. The van der Waals surface area contributed by atoms with Crippen molar-refractivity contribution in [3.63, 3.8) is 0 Å². The number of hydrogen-bond acceptors (Lipinski definition) is 3. The number of nitrogens with zero attached hydrogens (tertiary/aromatic N) is 1. The largest absolute Gasteiger partial charge is 0.437 e. The van der Waals surface area contributed by atoms with Gasteiger partial charge in [-0.25, -0.2) is 4.39 Å². The standard InChI is InChI=1S/C10H7F2NO2/c11-6-10(12)14-8-2-1-7(3-4-13)5-9(8)15-10/h1-2,5H,3,6H2. The highest BCUT2D eigenvalue weighted by Gasteiger charge is 2.42. The van der Waals surface area contributed by atoms with Crippen LogP contribution in [0.3, 0.4) is 0 Å². The van der Waals surface area contributed by atoms with E-state index in [1.807, 2.05) is 6.07 Å². The molecule has 1 aromatic carbocycles. The molecule has 1 aliphatic rings. The second kappa shape index (κ2) is 3.39. The van der Waals surface area contributed by atoms with Gasteiger partial charge in [0.25, 0.3) is 0 Å². The smallest absolute Gasteiger partial charge is 0.421 e. The summed E-state index contributed by atoms with van der Waals surface area (Å²) in [6, 6.07) is 3.76. The zero-order chi connectivity index (χ0) is 10.9. The first-order valence-corrected chi connectivity index (χ1v) is 4.30. The Morgan fingerprint density at radius 3 is 2.73 bits per heavy atom. The van der Waals surface area contributed by atoms with E-state index in [2.05, 4.69) is 9.47 Å². The summed E-state index contributed by atoms with van der Waals surface area (Å²) in [5.74, 6) is 0.278. The molecule has 1 unspecified atom stereocenters. The van der Waals surface area contributed by atoms with Crippen LogP contribution < -0.4 is 9.47 Å². The fraction of sp³-hybridized carbons (Fsp3) is 0.300. The van der Waals surface area contributed by atoms with Crippen LogP contribution in [-0.4, -0.2) is 12.7 Å². The van der Waals surface area contributed by atoms with Crippen molar-refractivity contribution in [2.24, 2.45) is 0 Å². The van der Waals surface area contributed by atoms with E-state index in [9.17, 15) is 8.78 Å². The van der Waals surface area contributed by atoms with E-state index in [1.54, 1.807) is 6.07 Å². The molecule has 0 saturated carbocycles. The summed E-state index contributed by atoms with van der Waals surface area (Å²) in [6.45, 7) is -1.38. The zero-order valence-electron chi connectivity index (χ0n) is 7.67. The topological polar surface area (TPSA) is 42.2 Å². The maximum Gasteiger partial charge on any atom is 0.437 e. The highest BCUT2D eigenvalue weighted by atomic mass is 19.2. The third kappa shape index (κ3) is 1.71. The van der Waals surface area contributed by atoms with E-state index in [4.69, 9.17) is 5.26 Å². The molecule has 0 fully saturated rings. The minimum absolute atomic E-state index is 0.128. The van der Waals surface area contributed by atoms with Crippen LogP contribution in [0, 0.1) is 11.3 Å². The van der Waals surface area contributed by atoms with E-state index in [0.717, 1.165) is 0 Å². The second-order valence-electron chi connectivity index (χ2n) is 3.11. The van der Waals surface area contributed by atoms with Crippen LogP contribution in [0.2, 0.25) is 0 Å². The Bertz CT molecular complexity index is 430. The molecule has 78 valence electrons. The normalized spacial score (nSPS) is 22.5.